The van der Waals surface area contributed by atoms with Gasteiger partial charge >= 0.3 is 0 Å². The van der Waals surface area contributed by atoms with Crippen molar-refractivity contribution in [2.24, 2.45) is 5.11 Å². The van der Waals surface area contributed by atoms with Crippen LogP contribution < -0.4 is 0 Å². The smallest absolute Gasteiger partial charge is 0.108 e. The number of aliphatic hydroxyl groups is 2. The summed E-state index contributed by atoms with van der Waals surface area (Å²) in [7, 11) is 0. The number of benzene rings is 1. The average molecular weight is 281 g/mol. The van der Waals surface area contributed by atoms with Gasteiger partial charge in [0.05, 0.1) is 18.8 Å². The van der Waals surface area contributed by atoms with Crippen molar-refractivity contribution in [1.82, 2.24) is 0 Å². The molecule has 0 bridgehead atoms. The minimum absolute atomic E-state index is 0.251. The van der Waals surface area contributed by atoms with Crippen LogP contribution in [0, 0.1) is 0 Å². The Bertz CT molecular complexity index is 453. The predicted molar refractivity (Wildman–Crippen MR) is 71.6 cm³/mol. The molecule has 0 radical (unpaired) electrons. The Kier molecular flexibility index (Phi) is 5.07. The van der Waals surface area contributed by atoms with E-state index in [1.165, 1.54) is 11.8 Å². The summed E-state index contributed by atoms with van der Waals surface area (Å²) in [6, 6.07) is 9.11. The maximum absolute atomic E-state index is 9.88. The quantitative estimate of drug-likeness (QED) is 0.500. The van der Waals surface area contributed by atoms with E-state index >= 15 is 0 Å². The molecule has 1 aromatic rings. The molecular formula is C12H15N3O3S. The second kappa shape index (κ2) is 6.79. The Balaban J connectivity index is 2.07. The fourth-order valence-electron chi connectivity index (χ4n) is 1.97. The van der Waals surface area contributed by atoms with Gasteiger partial charge in [-0.3, -0.25) is 0 Å². The number of azide groups is 1. The van der Waals surface area contributed by atoms with Crippen molar-refractivity contribution in [2.45, 2.75) is 35.0 Å². The lowest BCUT2D eigenvalue weighted by atomic mass is 10.0. The van der Waals surface area contributed by atoms with Gasteiger partial charge in [-0.2, -0.15) is 0 Å². The number of hydrogen-bond donors (Lipinski definition) is 2. The lowest BCUT2D eigenvalue weighted by molar-refractivity contribution is -0.114. The van der Waals surface area contributed by atoms with Gasteiger partial charge in [0.1, 0.15) is 11.5 Å². The molecule has 0 aliphatic carbocycles. The number of nitrogens with zero attached hydrogens (tertiary/aromatic N) is 3. The summed E-state index contributed by atoms with van der Waals surface area (Å²) >= 11 is 1.49. The first-order valence-corrected chi connectivity index (χ1v) is 6.83. The third-order valence-electron chi connectivity index (χ3n) is 2.93. The molecule has 0 aromatic heterocycles. The van der Waals surface area contributed by atoms with Crippen molar-refractivity contribution in [2.75, 3.05) is 6.61 Å². The molecule has 0 spiro atoms. The average Bonchev–Trinajstić information content (AvgIpc) is 2.43. The molecule has 19 heavy (non-hydrogen) atoms. The molecular weight excluding hydrogens is 266 g/mol. The van der Waals surface area contributed by atoms with E-state index in [2.05, 4.69) is 10.0 Å². The summed E-state index contributed by atoms with van der Waals surface area (Å²) in [4.78, 5) is 3.77. The lowest BCUT2D eigenvalue weighted by Gasteiger charge is -2.36. The van der Waals surface area contributed by atoms with Gasteiger partial charge in [0.25, 0.3) is 0 Å². The Morgan fingerprint density at radius 2 is 2.16 bits per heavy atom. The molecule has 0 amide bonds. The van der Waals surface area contributed by atoms with Crippen molar-refractivity contribution in [3.63, 3.8) is 0 Å². The van der Waals surface area contributed by atoms with E-state index in [0.717, 1.165) is 4.90 Å². The maximum Gasteiger partial charge on any atom is 0.108 e. The molecule has 1 heterocycles. The van der Waals surface area contributed by atoms with Gasteiger partial charge in [-0.05, 0) is 24.1 Å². The summed E-state index contributed by atoms with van der Waals surface area (Å²) in [6.07, 6.45) is -1.26. The fraction of sp³-hybridized carbons (Fsp3) is 0.500. The number of thioether (sulfide) groups is 1. The van der Waals surface area contributed by atoms with Crippen molar-refractivity contribution in [3.8, 4) is 0 Å². The first kappa shape index (κ1) is 14.2. The van der Waals surface area contributed by atoms with Gasteiger partial charge in [-0.15, -0.1) is 0 Å². The van der Waals surface area contributed by atoms with E-state index in [4.69, 9.17) is 10.3 Å². The Hall–Kier alpha value is -1.24. The van der Waals surface area contributed by atoms with Gasteiger partial charge < -0.3 is 14.9 Å². The van der Waals surface area contributed by atoms with E-state index < -0.39 is 18.2 Å². The second-order valence-electron chi connectivity index (χ2n) is 4.22. The molecule has 2 N–H and O–H groups in total. The molecule has 0 unspecified atom stereocenters. The van der Waals surface area contributed by atoms with E-state index in [1.54, 1.807) is 0 Å². The Morgan fingerprint density at radius 3 is 2.79 bits per heavy atom. The number of rotatable bonds is 4. The van der Waals surface area contributed by atoms with Crippen LogP contribution in [0.2, 0.25) is 0 Å². The highest BCUT2D eigenvalue weighted by molar-refractivity contribution is 7.99. The first-order valence-electron chi connectivity index (χ1n) is 5.95. The van der Waals surface area contributed by atoms with Crippen LogP contribution in [0.5, 0.6) is 0 Å². The SMILES string of the molecule is [N-]=[N+]=N[C@@H]1C[C@@H](Sc2ccccc2)O[C@H](CO)[C@@H]1O. The molecule has 102 valence electrons. The summed E-state index contributed by atoms with van der Waals surface area (Å²) in [5.74, 6) is 0. The largest absolute Gasteiger partial charge is 0.394 e. The summed E-state index contributed by atoms with van der Waals surface area (Å²) < 4.78 is 5.61. The number of ether oxygens (including phenoxy) is 1. The van der Waals surface area contributed by atoms with Gasteiger partial charge in [0, 0.05) is 9.81 Å². The molecule has 1 saturated heterocycles. The molecule has 6 nitrogen and oxygen atoms in total. The molecule has 0 saturated carbocycles. The summed E-state index contributed by atoms with van der Waals surface area (Å²) in [5.41, 5.74) is 8.26. The Morgan fingerprint density at radius 1 is 1.42 bits per heavy atom. The standard InChI is InChI=1S/C12H15N3O3S/c13-15-14-9-6-11(18-10(7-16)12(9)17)19-8-4-2-1-3-5-8/h1-5,9-12,16-17H,6-7H2/t9-,10-,11-,12-/m1/s1. The fourth-order valence-corrected chi connectivity index (χ4v) is 3.08. The predicted octanol–water partition coefficient (Wildman–Crippen LogP) is 1.93. The van der Waals surface area contributed by atoms with Gasteiger partial charge in [0.2, 0.25) is 0 Å². The minimum Gasteiger partial charge on any atom is -0.394 e. The topological polar surface area (TPSA) is 98.5 Å². The van der Waals surface area contributed by atoms with Crippen molar-refractivity contribution in [3.05, 3.63) is 40.8 Å². The van der Waals surface area contributed by atoms with Crippen molar-refractivity contribution in [1.29, 1.82) is 0 Å². The summed E-state index contributed by atoms with van der Waals surface area (Å²) in [6.45, 7) is -0.301. The van der Waals surface area contributed by atoms with Gasteiger partial charge in [0.15, 0.2) is 0 Å². The van der Waals surface area contributed by atoms with Crippen LogP contribution in [0.4, 0.5) is 0 Å². The third-order valence-corrected chi connectivity index (χ3v) is 4.04. The zero-order valence-electron chi connectivity index (χ0n) is 10.2. The van der Waals surface area contributed by atoms with Crippen LogP contribution >= 0.6 is 11.8 Å². The maximum atomic E-state index is 9.88. The highest BCUT2D eigenvalue weighted by atomic mass is 32.2. The van der Waals surface area contributed by atoms with E-state index in [1.807, 2.05) is 30.3 Å². The lowest BCUT2D eigenvalue weighted by Crippen LogP contribution is -2.48. The van der Waals surface area contributed by atoms with E-state index in [-0.39, 0.29) is 12.0 Å². The molecule has 7 heteroatoms. The second-order valence-corrected chi connectivity index (χ2v) is 5.45. The van der Waals surface area contributed by atoms with Crippen LogP contribution in [0.15, 0.2) is 40.3 Å². The number of hydrogen-bond acceptors (Lipinski definition) is 5. The van der Waals surface area contributed by atoms with Crippen LogP contribution in [-0.2, 0) is 4.74 Å². The van der Waals surface area contributed by atoms with Crippen LogP contribution in [0.3, 0.4) is 0 Å². The van der Waals surface area contributed by atoms with Gasteiger partial charge in [-0.25, -0.2) is 0 Å². The van der Waals surface area contributed by atoms with E-state index in [0.29, 0.717) is 6.42 Å². The first-order chi connectivity index (χ1) is 9.24. The van der Waals surface area contributed by atoms with Crippen LogP contribution in [0.1, 0.15) is 6.42 Å². The minimum atomic E-state index is -0.964. The Labute approximate surface area is 115 Å². The zero-order chi connectivity index (χ0) is 13.7. The van der Waals surface area contributed by atoms with Crippen LogP contribution in [0.25, 0.3) is 10.4 Å². The zero-order valence-corrected chi connectivity index (χ0v) is 11.0. The normalized spacial score (nSPS) is 30.6. The van der Waals surface area contributed by atoms with E-state index in [9.17, 15) is 10.2 Å². The third kappa shape index (κ3) is 3.62. The van der Waals surface area contributed by atoms with Crippen molar-refractivity contribution >= 4 is 11.8 Å². The molecule has 1 aliphatic heterocycles. The molecule has 1 aromatic carbocycles. The highest BCUT2D eigenvalue weighted by Gasteiger charge is 2.37. The molecule has 1 aliphatic rings. The molecule has 4 atom stereocenters. The van der Waals surface area contributed by atoms with Gasteiger partial charge in [-0.1, -0.05) is 35.1 Å². The van der Waals surface area contributed by atoms with Crippen molar-refractivity contribution < 1.29 is 14.9 Å². The molecule has 1 fully saturated rings. The summed E-state index contributed by atoms with van der Waals surface area (Å²) in [5, 5.41) is 22.7. The monoisotopic (exact) mass is 281 g/mol. The molecule has 2 rings (SSSR count). The number of aliphatic hydroxyl groups excluding tert-OH is 2. The highest BCUT2D eigenvalue weighted by Crippen LogP contribution is 2.33. The van der Waals surface area contributed by atoms with Crippen LogP contribution in [-0.4, -0.2) is 40.5 Å².